The summed E-state index contributed by atoms with van der Waals surface area (Å²) in [5.41, 5.74) is 4.67. The second-order valence-electron chi connectivity index (χ2n) is 10.7. The van der Waals surface area contributed by atoms with Gasteiger partial charge >= 0.3 is 6.18 Å². The third-order valence-electron chi connectivity index (χ3n) is 8.46. The number of aromatic amines is 1. The number of H-pyrrole nitrogens is 1. The molecule has 192 valence electrons. The fourth-order valence-electron chi connectivity index (χ4n) is 6.58. The molecule has 1 aromatic carbocycles. The smallest absolute Gasteiger partial charge is 0.315 e. The van der Waals surface area contributed by atoms with Crippen molar-refractivity contribution in [3.05, 3.63) is 59.0 Å². The molecule has 9 heteroatoms. The summed E-state index contributed by atoms with van der Waals surface area (Å²) in [6.45, 7) is 5.29. The molecule has 2 aromatic heterocycles. The Hall–Kier alpha value is -2.49. The van der Waals surface area contributed by atoms with Crippen molar-refractivity contribution < 1.29 is 13.2 Å². The molecule has 3 aromatic rings. The third-order valence-corrected chi connectivity index (χ3v) is 8.46. The Bertz CT molecular complexity index is 1190. The Balaban J connectivity index is 1.28. The molecule has 6 rings (SSSR count). The predicted octanol–water partition coefficient (Wildman–Crippen LogP) is 4.40. The summed E-state index contributed by atoms with van der Waals surface area (Å²) >= 11 is 0. The number of aromatic nitrogens is 3. The SMILES string of the molecule is C[C@@H]1Cc2c(ccc3n[nH]cc23)[C@@H](c2ccc(C3CCN(C4CCNC4)CC3)cn2)N1CC(F)(F)F. The molecule has 5 heterocycles. The van der Waals surface area contributed by atoms with Gasteiger partial charge in [0, 0.05) is 36.4 Å². The number of fused-ring (bicyclic) bond motifs is 3. The molecule has 0 saturated carbocycles. The van der Waals surface area contributed by atoms with Crippen molar-refractivity contribution in [3.8, 4) is 0 Å². The first-order valence-corrected chi connectivity index (χ1v) is 13.1. The number of piperidine rings is 1. The van der Waals surface area contributed by atoms with Crippen LogP contribution in [0.1, 0.15) is 60.5 Å². The molecule has 0 aliphatic carbocycles. The molecule has 1 unspecified atom stereocenters. The van der Waals surface area contributed by atoms with E-state index < -0.39 is 18.8 Å². The predicted molar refractivity (Wildman–Crippen MR) is 133 cm³/mol. The molecule has 6 nitrogen and oxygen atoms in total. The zero-order valence-electron chi connectivity index (χ0n) is 20.6. The van der Waals surface area contributed by atoms with Gasteiger partial charge in [0.05, 0.1) is 23.8 Å². The number of hydrogen-bond donors (Lipinski definition) is 2. The number of benzene rings is 1. The normalized spacial score (nSPS) is 26.5. The average molecular weight is 499 g/mol. The lowest BCUT2D eigenvalue weighted by atomic mass is 9.84. The van der Waals surface area contributed by atoms with Gasteiger partial charge < -0.3 is 5.32 Å². The summed E-state index contributed by atoms with van der Waals surface area (Å²) in [7, 11) is 0. The van der Waals surface area contributed by atoms with E-state index in [0.717, 1.165) is 61.1 Å². The van der Waals surface area contributed by atoms with Crippen molar-refractivity contribution in [2.75, 3.05) is 32.7 Å². The summed E-state index contributed by atoms with van der Waals surface area (Å²) in [6.07, 6.45) is 3.44. The molecular formula is C27H33F3N6. The highest BCUT2D eigenvalue weighted by molar-refractivity contribution is 5.83. The first-order chi connectivity index (χ1) is 17.4. The van der Waals surface area contributed by atoms with Gasteiger partial charge in [-0.05, 0) is 87.0 Å². The highest BCUT2D eigenvalue weighted by Gasteiger charge is 2.41. The van der Waals surface area contributed by atoms with Crippen LogP contribution in [0, 0.1) is 0 Å². The van der Waals surface area contributed by atoms with Crippen molar-refractivity contribution in [2.24, 2.45) is 0 Å². The standard InChI is InChI=1S/C27H33F3N6/c1-17-12-22-21(3-5-24-23(22)15-33-34-24)26(36(17)16-27(28,29)30)25-4-2-19(13-32-25)18-7-10-35(11-8-18)20-6-9-31-14-20/h2-5,13,15,17-18,20,26,31H,6-12,14,16H2,1H3,(H,33,34)/t17-,20?,26+/m1/s1. The minimum atomic E-state index is -4.29. The second-order valence-corrected chi connectivity index (χ2v) is 10.7. The Kier molecular flexibility index (Phi) is 6.25. The molecule has 0 radical (unpaired) electrons. The maximum absolute atomic E-state index is 13.6. The topological polar surface area (TPSA) is 60.1 Å². The van der Waals surface area contributed by atoms with Crippen LogP contribution in [0.25, 0.3) is 10.9 Å². The lowest BCUT2D eigenvalue weighted by molar-refractivity contribution is -0.155. The molecule has 3 atom stereocenters. The van der Waals surface area contributed by atoms with Crippen LogP contribution in [-0.2, 0) is 6.42 Å². The van der Waals surface area contributed by atoms with E-state index in [1.165, 1.54) is 12.0 Å². The van der Waals surface area contributed by atoms with Crippen molar-refractivity contribution in [1.82, 2.24) is 30.3 Å². The second kappa shape index (κ2) is 9.43. The molecule has 0 bridgehead atoms. The van der Waals surface area contributed by atoms with Gasteiger partial charge in [-0.2, -0.15) is 18.3 Å². The number of pyridine rings is 1. The number of hydrogen-bond acceptors (Lipinski definition) is 5. The zero-order valence-corrected chi connectivity index (χ0v) is 20.6. The summed E-state index contributed by atoms with van der Waals surface area (Å²) < 4.78 is 40.9. The van der Waals surface area contributed by atoms with E-state index in [1.807, 2.05) is 37.5 Å². The lowest BCUT2D eigenvalue weighted by Crippen LogP contribution is -2.47. The summed E-state index contributed by atoms with van der Waals surface area (Å²) in [5, 5.41) is 11.6. The van der Waals surface area contributed by atoms with Gasteiger partial charge in [-0.25, -0.2) is 0 Å². The summed E-state index contributed by atoms with van der Waals surface area (Å²) in [6, 6.07) is 7.71. The first kappa shape index (κ1) is 23.9. The average Bonchev–Trinajstić information content (AvgIpc) is 3.57. The molecule has 2 fully saturated rings. The van der Waals surface area contributed by atoms with Gasteiger partial charge in [0.25, 0.3) is 0 Å². The minimum absolute atomic E-state index is 0.277. The van der Waals surface area contributed by atoms with Gasteiger partial charge in [-0.1, -0.05) is 12.1 Å². The highest BCUT2D eigenvalue weighted by atomic mass is 19.4. The van der Waals surface area contributed by atoms with E-state index in [9.17, 15) is 13.2 Å². The van der Waals surface area contributed by atoms with Crippen molar-refractivity contribution in [2.45, 2.75) is 62.8 Å². The van der Waals surface area contributed by atoms with Crippen LogP contribution in [0.3, 0.4) is 0 Å². The Morgan fingerprint density at radius 3 is 2.61 bits per heavy atom. The molecule has 0 spiro atoms. The maximum atomic E-state index is 13.6. The molecule has 3 aliphatic heterocycles. The fraction of sp³-hybridized carbons (Fsp3) is 0.556. The Morgan fingerprint density at radius 1 is 1.08 bits per heavy atom. The van der Waals surface area contributed by atoms with Gasteiger partial charge in [0.1, 0.15) is 0 Å². The van der Waals surface area contributed by atoms with Gasteiger partial charge in [-0.15, -0.1) is 0 Å². The van der Waals surface area contributed by atoms with Gasteiger partial charge in [-0.3, -0.25) is 19.9 Å². The molecular weight excluding hydrogens is 465 g/mol. The maximum Gasteiger partial charge on any atom is 0.401 e. The number of halogens is 3. The lowest BCUT2D eigenvalue weighted by Gasteiger charge is -2.42. The number of nitrogens with one attached hydrogen (secondary N) is 2. The van der Waals surface area contributed by atoms with Crippen LogP contribution in [0.15, 0.2) is 36.7 Å². The number of rotatable bonds is 4. The molecule has 36 heavy (non-hydrogen) atoms. The Labute approximate surface area is 209 Å². The van der Waals surface area contributed by atoms with Gasteiger partial charge in [0.2, 0.25) is 0 Å². The van der Waals surface area contributed by atoms with Crippen LogP contribution in [0.4, 0.5) is 13.2 Å². The number of alkyl halides is 3. The third kappa shape index (κ3) is 4.53. The van der Waals surface area contributed by atoms with E-state index in [1.54, 1.807) is 4.90 Å². The van der Waals surface area contributed by atoms with Crippen LogP contribution < -0.4 is 5.32 Å². The molecule has 3 aliphatic rings. The summed E-state index contributed by atoms with van der Waals surface area (Å²) in [5.74, 6) is 0.451. The molecule has 2 saturated heterocycles. The van der Waals surface area contributed by atoms with E-state index in [-0.39, 0.29) is 6.04 Å². The van der Waals surface area contributed by atoms with Crippen LogP contribution in [-0.4, -0.2) is 76.0 Å². The van der Waals surface area contributed by atoms with E-state index in [4.69, 9.17) is 4.98 Å². The van der Waals surface area contributed by atoms with Crippen molar-refractivity contribution in [1.29, 1.82) is 0 Å². The van der Waals surface area contributed by atoms with E-state index in [0.29, 0.717) is 24.1 Å². The monoisotopic (exact) mass is 498 g/mol. The fourth-order valence-corrected chi connectivity index (χ4v) is 6.58. The van der Waals surface area contributed by atoms with E-state index in [2.05, 4.69) is 26.5 Å². The molecule has 0 amide bonds. The number of nitrogens with zero attached hydrogens (tertiary/aromatic N) is 4. The van der Waals surface area contributed by atoms with Crippen LogP contribution in [0.5, 0.6) is 0 Å². The van der Waals surface area contributed by atoms with Crippen LogP contribution >= 0.6 is 0 Å². The quantitative estimate of drug-likeness (QED) is 0.559. The molecule has 2 N–H and O–H groups in total. The zero-order chi connectivity index (χ0) is 24.9. The van der Waals surface area contributed by atoms with Crippen LogP contribution in [0.2, 0.25) is 0 Å². The largest absolute Gasteiger partial charge is 0.401 e. The highest BCUT2D eigenvalue weighted by Crippen LogP contribution is 2.41. The Morgan fingerprint density at radius 2 is 1.92 bits per heavy atom. The number of likely N-dealkylation sites (tertiary alicyclic amines) is 1. The van der Waals surface area contributed by atoms with E-state index >= 15 is 0 Å². The van der Waals surface area contributed by atoms with Crippen molar-refractivity contribution in [3.63, 3.8) is 0 Å². The van der Waals surface area contributed by atoms with Crippen molar-refractivity contribution >= 4 is 10.9 Å². The van der Waals surface area contributed by atoms with Gasteiger partial charge in [0.15, 0.2) is 0 Å². The minimum Gasteiger partial charge on any atom is -0.315 e. The summed E-state index contributed by atoms with van der Waals surface area (Å²) in [4.78, 5) is 8.96. The first-order valence-electron chi connectivity index (χ1n) is 13.1.